The number of aromatic nitrogens is 2. The third kappa shape index (κ3) is 3.93. The van der Waals surface area contributed by atoms with Crippen LogP contribution in [0.4, 0.5) is 0 Å². The number of nitrogens with zero attached hydrogens (tertiary/aromatic N) is 4. The Bertz CT molecular complexity index is 537. The molecule has 1 saturated heterocycles. The average molecular weight is 319 g/mol. The van der Waals surface area contributed by atoms with Crippen LogP contribution in [-0.4, -0.2) is 65.3 Å². The first-order valence-corrected chi connectivity index (χ1v) is 8.71. The van der Waals surface area contributed by atoms with E-state index in [4.69, 9.17) is 0 Å². The molecular weight excluding hydrogens is 290 g/mol. The van der Waals surface area contributed by atoms with Crippen LogP contribution in [0.2, 0.25) is 0 Å². The fourth-order valence-electron chi connectivity index (χ4n) is 3.81. The van der Waals surface area contributed by atoms with Crippen molar-refractivity contribution < 1.29 is 4.79 Å². The fourth-order valence-corrected chi connectivity index (χ4v) is 3.81. The van der Waals surface area contributed by atoms with Crippen molar-refractivity contribution in [1.82, 2.24) is 24.9 Å². The van der Waals surface area contributed by atoms with Gasteiger partial charge in [0.1, 0.15) is 0 Å². The van der Waals surface area contributed by atoms with Gasteiger partial charge >= 0.3 is 0 Å². The van der Waals surface area contributed by atoms with Gasteiger partial charge in [-0.05, 0) is 58.3 Å². The van der Waals surface area contributed by atoms with Crippen molar-refractivity contribution in [3.8, 4) is 0 Å². The maximum absolute atomic E-state index is 12.0. The van der Waals surface area contributed by atoms with Crippen molar-refractivity contribution in [2.45, 2.75) is 37.8 Å². The summed E-state index contributed by atoms with van der Waals surface area (Å²) in [6.45, 7) is 2.38. The topological polar surface area (TPSA) is 53.4 Å². The number of amides is 1. The highest BCUT2D eigenvalue weighted by atomic mass is 16.2. The number of aryl methyl sites for hydroxylation is 1. The minimum atomic E-state index is 0.113. The van der Waals surface area contributed by atoms with E-state index in [0.29, 0.717) is 18.5 Å². The second kappa shape index (κ2) is 7.01. The first-order valence-electron chi connectivity index (χ1n) is 8.71. The molecule has 1 saturated carbocycles. The standard InChI is InChI=1S/C17H29N5O/c1-20(2)12-16(23)18-11-13-5-4-10-22(14-6-7-14)17(13)15-8-9-19-21(15)3/h8-9,13-14,17H,4-7,10-12H2,1-3H3,(H,18,23)/t13-,17+/m0/s1. The summed E-state index contributed by atoms with van der Waals surface area (Å²) in [5, 5.41) is 7.51. The minimum absolute atomic E-state index is 0.113. The van der Waals surface area contributed by atoms with Crippen molar-refractivity contribution in [3.63, 3.8) is 0 Å². The minimum Gasteiger partial charge on any atom is -0.355 e. The van der Waals surface area contributed by atoms with Gasteiger partial charge in [0, 0.05) is 25.8 Å². The number of nitrogens with one attached hydrogen (secondary N) is 1. The first kappa shape index (κ1) is 16.5. The van der Waals surface area contributed by atoms with E-state index >= 15 is 0 Å². The van der Waals surface area contributed by atoms with Crippen LogP contribution in [0.3, 0.4) is 0 Å². The molecule has 1 amide bonds. The third-order valence-corrected chi connectivity index (χ3v) is 4.99. The lowest BCUT2D eigenvalue weighted by atomic mass is 9.86. The Morgan fingerprint density at radius 1 is 1.39 bits per heavy atom. The monoisotopic (exact) mass is 319 g/mol. The summed E-state index contributed by atoms with van der Waals surface area (Å²) >= 11 is 0. The van der Waals surface area contributed by atoms with Gasteiger partial charge < -0.3 is 10.2 Å². The second-order valence-electron chi connectivity index (χ2n) is 7.24. The molecule has 0 bridgehead atoms. The van der Waals surface area contributed by atoms with Crippen LogP contribution in [0, 0.1) is 5.92 Å². The molecule has 0 radical (unpaired) electrons. The summed E-state index contributed by atoms with van der Waals surface area (Å²) in [6, 6.07) is 3.25. The highest BCUT2D eigenvalue weighted by molar-refractivity contribution is 5.77. The maximum Gasteiger partial charge on any atom is 0.234 e. The van der Waals surface area contributed by atoms with Gasteiger partial charge in [-0.15, -0.1) is 0 Å². The summed E-state index contributed by atoms with van der Waals surface area (Å²) in [6.07, 6.45) is 6.90. The number of hydrogen-bond acceptors (Lipinski definition) is 4. The molecule has 2 fully saturated rings. The molecule has 0 spiro atoms. The van der Waals surface area contributed by atoms with Gasteiger partial charge in [-0.2, -0.15) is 5.10 Å². The average Bonchev–Trinajstić information content (AvgIpc) is 3.26. The van der Waals surface area contributed by atoms with Gasteiger partial charge in [-0.1, -0.05) is 0 Å². The second-order valence-corrected chi connectivity index (χ2v) is 7.24. The van der Waals surface area contributed by atoms with Crippen LogP contribution in [0.1, 0.15) is 37.4 Å². The molecule has 128 valence electrons. The molecule has 6 nitrogen and oxygen atoms in total. The normalized spacial score (nSPS) is 25.7. The van der Waals surface area contributed by atoms with Crippen molar-refractivity contribution in [3.05, 3.63) is 18.0 Å². The Morgan fingerprint density at radius 3 is 2.78 bits per heavy atom. The van der Waals surface area contributed by atoms with Gasteiger partial charge in [0.05, 0.1) is 18.3 Å². The number of carbonyl (C=O) groups excluding carboxylic acids is 1. The molecule has 1 aliphatic heterocycles. The molecule has 1 aromatic rings. The summed E-state index contributed by atoms with van der Waals surface area (Å²) in [4.78, 5) is 16.6. The van der Waals surface area contributed by atoms with E-state index < -0.39 is 0 Å². The molecule has 1 aliphatic carbocycles. The van der Waals surface area contributed by atoms with E-state index in [9.17, 15) is 4.79 Å². The van der Waals surface area contributed by atoms with Crippen LogP contribution < -0.4 is 5.32 Å². The Balaban J connectivity index is 1.71. The van der Waals surface area contributed by atoms with Crippen LogP contribution in [0.15, 0.2) is 12.3 Å². The largest absolute Gasteiger partial charge is 0.355 e. The van der Waals surface area contributed by atoms with Crippen molar-refractivity contribution in [1.29, 1.82) is 0 Å². The van der Waals surface area contributed by atoms with Crippen molar-refractivity contribution >= 4 is 5.91 Å². The van der Waals surface area contributed by atoms with Crippen LogP contribution in [0.25, 0.3) is 0 Å². The number of hydrogen-bond donors (Lipinski definition) is 1. The molecule has 0 aromatic carbocycles. The molecule has 2 aliphatic rings. The zero-order chi connectivity index (χ0) is 16.4. The van der Waals surface area contributed by atoms with Gasteiger partial charge in [-0.25, -0.2) is 0 Å². The third-order valence-electron chi connectivity index (χ3n) is 4.99. The predicted molar refractivity (Wildman–Crippen MR) is 90.0 cm³/mol. The molecule has 2 heterocycles. The Kier molecular flexibility index (Phi) is 5.02. The number of piperidine rings is 1. The Morgan fingerprint density at radius 2 is 2.17 bits per heavy atom. The quantitative estimate of drug-likeness (QED) is 0.850. The number of carbonyl (C=O) groups is 1. The van der Waals surface area contributed by atoms with E-state index in [0.717, 1.165) is 12.6 Å². The lowest BCUT2D eigenvalue weighted by molar-refractivity contribution is -0.122. The van der Waals surface area contributed by atoms with E-state index in [2.05, 4.69) is 21.4 Å². The van der Waals surface area contributed by atoms with Crippen molar-refractivity contribution in [2.75, 3.05) is 33.7 Å². The number of rotatable bonds is 6. The lowest BCUT2D eigenvalue weighted by Gasteiger charge is -2.41. The summed E-state index contributed by atoms with van der Waals surface area (Å²) in [5.41, 5.74) is 1.28. The zero-order valence-electron chi connectivity index (χ0n) is 14.5. The van der Waals surface area contributed by atoms with Crippen molar-refractivity contribution in [2.24, 2.45) is 13.0 Å². The van der Waals surface area contributed by atoms with Gasteiger partial charge in [0.2, 0.25) is 5.91 Å². The molecule has 1 aromatic heterocycles. The number of likely N-dealkylation sites (N-methyl/N-ethyl adjacent to an activating group) is 1. The predicted octanol–water partition coefficient (Wildman–Crippen LogP) is 1.01. The van der Waals surface area contributed by atoms with Crippen LogP contribution in [-0.2, 0) is 11.8 Å². The number of likely N-dealkylation sites (tertiary alicyclic amines) is 1. The van der Waals surface area contributed by atoms with Gasteiger partial charge in [0.25, 0.3) is 0 Å². The van der Waals surface area contributed by atoms with E-state index in [1.807, 2.05) is 36.9 Å². The SMILES string of the molecule is CN(C)CC(=O)NC[C@@H]1CCCN(C2CC2)[C@H]1c1ccnn1C. The Labute approximate surface area is 138 Å². The maximum atomic E-state index is 12.0. The van der Waals surface area contributed by atoms with Gasteiger partial charge in [-0.3, -0.25) is 14.4 Å². The lowest BCUT2D eigenvalue weighted by Crippen LogP contribution is -2.46. The van der Waals surface area contributed by atoms with Crippen LogP contribution >= 0.6 is 0 Å². The molecule has 1 N–H and O–H groups in total. The summed E-state index contributed by atoms with van der Waals surface area (Å²) in [5.74, 6) is 0.577. The fraction of sp³-hybridized carbons (Fsp3) is 0.765. The zero-order valence-corrected chi connectivity index (χ0v) is 14.5. The van der Waals surface area contributed by atoms with E-state index in [1.165, 1.54) is 37.9 Å². The molecule has 6 heteroatoms. The van der Waals surface area contributed by atoms with E-state index in [-0.39, 0.29) is 5.91 Å². The molecular formula is C17H29N5O. The molecule has 0 unspecified atom stereocenters. The highest BCUT2D eigenvalue weighted by Crippen LogP contribution is 2.42. The molecule has 2 atom stereocenters. The van der Waals surface area contributed by atoms with Gasteiger partial charge in [0.15, 0.2) is 0 Å². The molecule has 3 rings (SSSR count). The van der Waals surface area contributed by atoms with E-state index in [1.54, 1.807) is 0 Å². The summed E-state index contributed by atoms with van der Waals surface area (Å²) < 4.78 is 2.00. The molecule has 23 heavy (non-hydrogen) atoms. The summed E-state index contributed by atoms with van der Waals surface area (Å²) in [7, 11) is 5.87. The van der Waals surface area contributed by atoms with Crippen LogP contribution in [0.5, 0.6) is 0 Å². The smallest absolute Gasteiger partial charge is 0.234 e. The first-order chi connectivity index (χ1) is 11.1. The Hall–Kier alpha value is -1.40. The highest BCUT2D eigenvalue weighted by Gasteiger charge is 2.41.